The van der Waals surface area contributed by atoms with Crippen molar-refractivity contribution in [3.63, 3.8) is 0 Å². The zero-order valence-corrected chi connectivity index (χ0v) is 14.8. The van der Waals surface area contributed by atoms with E-state index in [4.69, 9.17) is 0 Å². The lowest BCUT2D eigenvalue weighted by atomic mass is 10.1. The van der Waals surface area contributed by atoms with Crippen molar-refractivity contribution in [2.45, 2.75) is 31.8 Å². The van der Waals surface area contributed by atoms with Gasteiger partial charge in [-0.25, -0.2) is 0 Å². The van der Waals surface area contributed by atoms with Gasteiger partial charge >= 0.3 is 0 Å². The molecular formula is C18H25N5O3. The van der Waals surface area contributed by atoms with Crippen LogP contribution < -0.4 is 10.6 Å². The Kier molecular flexibility index (Phi) is 6.17. The second-order valence-electron chi connectivity index (χ2n) is 6.61. The maximum Gasteiger partial charge on any atom is 0.244 e. The molecule has 1 unspecified atom stereocenters. The van der Waals surface area contributed by atoms with Gasteiger partial charge in [0.15, 0.2) is 0 Å². The first kappa shape index (κ1) is 18.3. The maximum atomic E-state index is 12.6. The van der Waals surface area contributed by atoms with E-state index in [-0.39, 0.29) is 24.1 Å². The highest BCUT2D eigenvalue weighted by atomic mass is 16.2. The molecule has 3 heterocycles. The number of amides is 3. The minimum absolute atomic E-state index is 0.0738. The molecule has 1 aromatic heterocycles. The fourth-order valence-corrected chi connectivity index (χ4v) is 3.36. The molecule has 8 nitrogen and oxygen atoms in total. The number of aromatic nitrogens is 1. The molecule has 140 valence electrons. The lowest BCUT2D eigenvalue weighted by molar-refractivity contribution is -0.142. The number of carbonyl (C=O) groups excluding carboxylic acids is 3. The second-order valence-corrected chi connectivity index (χ2v) is 6.61. The Balaban J connectivity index is 1.53. The molecular weight excluding hydrogens is 334 g/mol. The van der Waals surface area contributed by atoms with E-state index in [1.165, 1.54) is 0 Å². The summed E-state index contributed by atoms with van der Waals surface area (Å²) in [7, 11) is 0. The average Bonchev–Trinajstić information content (AvgIpc) is 3.10. The van der Waals surface area contributed by atoms with Crippen molar-refractivity contribution < 1.29 is 14.4 Å². The Morgan fingerprint density at radius 1 is 1.27 bits per heavy atom. The summed E-state index contributed by atoms with van der Waals surface area (Å²) in [5.41, 5.74) is 0.961. The molecule has 2 fully saturated rings. The number of pyridine rings is 1. The zero-order valence-electron chi connectivity index (χ0n) is 14.8. The van der Waals surface area contributed by atoms with Crippen LogP contribution in [0.3, 0.4) is 0 Å². The number of hydrogen-bond acceptors (Lipinski definition) is 5. The van der Waals surface area contributed by atoms with Crippen molar-refractivity contribution in [2.75, 3.05) is 32.7 Å². The van der Waals surface area contributed by atoms with Gasteiger partial charge in [-0.1, -0.05) is 0 Å². The number of carbonyl (C=O) groups is 3. The lowest BCUT2D eigenvalue weighted by Crippen LogP contribution is -2.59. The summed E-state index contributed by atoms with van der Waals surface area (Å²) in [6, 6.07) is 3.16. The van der Waals surface area contributed by atoms with Gasteiger partial charge in [-0.15, -0.1) is 0 Å². The smallest absolute Gasteiger partial charge is 0.244 e. The summed E-state index contributed by atoms with van der Waals surface area (Å²) in [5, 5.41) is 6.07. The van der Waals surface area contributed by atoms with E-state index in [9.17, 15) is 14.4 Å². The number of piperazine rings is 1. The van der Waals surface area contributed by atoms with Crippen LogP contribution in [0.15, 0.2) is 24.5 Å². The summed E-state index contributed by atoms with van der Waals surface area (Å²) >= 11 is 0. The van der Waals surface area contributed by atoms with Crippen LogP contribution in [0.4, 0.5) is 0 Å². The van der Waals surface area contributed by atoms with Gasteiger partial charge in [0.1, 0.15) is 6.04 Å². The Hall–Kier alpha value is -2.48. The minimum Gasteiger partial charge on any atom is -0.350 e. The quantitative estimate of drug-likeness (QED) is 0.715. The van der Waals surface area contributed by atoms with Crippen LogP contribution in [0.5, 0.6) is 0 Å². The molecule has 2 N–H and O–H groups in total. The molecule has 3 amide bonds. The van der Waals surface area contributed by atoms with Gasteiger partial charge in [0.05, 0.1) is 0 Å². The molecule has 0 saturated carbocycles. The molecule has 0 aliphatic carbocycles. The Bertz CT molecular complexity index is 651. The van der Waals surface area contributed by atoms with Gasteiger partial charge in [-0.2, -0.15) is 0 Å². The molecule has 0 radical (unpaired) electrons. The van der Waals surface area contributed by atoms with Crippen LogP contribution in [-0.2, 0) is 20.9 Å². The maximum absolute atomic E-state index is 12.6. The van der Waals surface area contributed by atoms with E-state index in [1.54, 1.807) is 22.2 Å². The highest BCUT2D eigenvalue weighted by Gasteiger charge is 2.32. The number of likely N-dealkylation sites (tertiary alicyclic amines) is 1. The molecule has 2 saturated heterocycles. The first-order valence-corrected chi connectivity index (χ1v) is 9.10. The predicted octanol–water partition coefficient (Wildman–Crippen LogP) is -0.489. The standard InChI is InChI=1S/C18H25N5O3/c24-16-2-1-9-22(16)10-5-17(25)23-11-8-20-13-15(23)18(26)21-12-14-3-6-19-7-4-14/h3-4,6-7,15,20H,1-2,5,8-13H2,(H,21,26). The van der Waals surface area contributed by atoms with E-state index in [1.807, 2.05) is 12.1 Å². The topological polar surface area (TPSA) is 94.6 Å². The SMILES string of the molecule is O=C(NCc1ccncc1)C1CNCCN1C(=O)CCN1CCCC1=O. The highest BCUT2D eigenvalue weighted by molar-refractivity contribution is 5.88. The molecule has 0 aromatic carbocycles. The van der Waals surface area contributed by atoms with E-state index in [2.05, 4.69) is 15.6 Å². The van der Waals surface area contributed by atoms with Crippen LogP contribution in [0.2, 0.25) is 0 Å². The fraction of sp³-hybridized carbons (Fsp3) is 0.556. The number of rotatable bonds is 6. The van der Waals surface area contributed by atoms with Crippen molar-refractivity contribution in [3.8, 4) is 0 Å². The summed E-state index contributed by atoms with van der Waals surface area (Å²) in [4.78, 5) is 44.2. The number of nitrogens with one attached hydrogen (secondary N) is 2. The normalized spacial score (nSPS) is 20.3. The van der Waals surface area contributed by atoms with Gasteiger partial charge in [0, 0.05) is 64.5 Å². The monoisotopic (exact) mass is 359 g/mol. The van der Waals surface area contributed by atoms with Crippen LogP contribution in [-0.4, -0.2) is 71.3 Å². The zero-order chi connectivity index (χ0) is 18.4. The number of nitrogens with zero attached hydrogens (tertiary/aromatic N) is 3. The fourth-order valence-electron chi connectivity index (χ4n) is 3.36. The lowest BCUT2D eigenvalue weighted by Gasteiger charge is -2.35. The van der Waals surface area contributed by atoms with Gasteiger partial charge < -0.3 is 20.4 Å². The third-order valence-corrected chi connectivity index (χ3v) is 4.85. The molecule has 3 rings (SSSR count). The predicted molar refractivity (Wildman–Crippen MR) is 94.9 cm³/mol. The van der Waals surface area contributed by atoms with Crippen LogP contribution in [0.25, 0.3) is 0 Å². The van der Waals surface area contributed by atoms with Gasteiger partial charge in [-0.3, -0.25) is 19.4 Å². The minimum atomic E-state index is -0.521. The largest absolute Gasteiger partial charge is 0.350 e. The van der Waals surface area contributed by atoms with Crippen molar-refractivity contribution in [2.24, 2.45) is 0 Å². The highest BCUT2D eigenvalue weighted by Crippen LogP contribution is 2.12. The molecule has 8 heteroatoms. The first-order chi connectivity index (χ1) is 12.6. The Morgan fingerprint density at radius 2 is 2.08 bits per heavy atom. The van der Waals surface area contributed by atoms with Crippen molar-refractivity contribution in [3.05, 3.63) is 30.1 Å². The molecule has 1 aromatic rings. The molecule has 0 spiro atoms. The molecule has 1 atom stereocenters. The number of hydrogen-bond donors (Lipinski definition) is 2. The average molecular weight is 359 g/mol. The third kappa shape index (κ3) is 4.57. The van der Waals surface area contributed by atoms with Crippen molar-refractivity contribution in [1.82, 2.24) is 25.4 Å². The van der Waals surface area contributed by atoms with Gasteiger partial charge in [0.2, 0.25) is 17.7 Å². The van der Waals surface area contributed by atoms with E-state index < -0.39 is 6.04 Å². The summed E-state index contributed by atoms with van der Waals surface area (Å²) in [6.45, 7) is 3.18. The molecule has 2 aliphatic heterocycles. The van der Waals surface area contributed by atoms with E-state index in [0.29, 0.717) is 39.1 Å². The van der Waals surface area contributed by atoms with Crippen LogP contribution >= 0.6 is 0 Å². The first-order valence-electron chi connectivity index (χ1n) is 9.10. The van der Waals surface area contributed by atoms with Crippen molar-refractivity contribution >= 4 is 17.7 Å². The molecule has 26 heavy (non-hydrogen) atoms. The van der Waals surface area contributed by atoms with Crippen LogP contribution in [0.1, 0.15) is 24.8 Å². The summed E-state index contributed by atoms with van der Waals surface area (Å²) in [6.07, 6.45) is 5.06. The second kappa shape index (κ2) is 8.75. The van der Waals surface area contributed by atoms with E-state index >= 15 is 0 Å². The summed E-state index contributed by atoms with van der Waals surface area (Å²) < 4.78 is 0. The van der Waals surface area contributed by atoms with Crippen molar-refractivity contribution in [1.29, 1.82) is 0 Å². The molecule has 2 aliphatic rings. The van der Waals surface area contributed by atoms with Gasteiger partial charge in [-0.05, 0) is 24.1 Å². The third-order valence-electron chi connectivity index (χ3n) is 4.85. The molecule has 0 bridgehead atoms. The summed E-state index contributed by atoms with van der Waals surface area (Å²) in [5.74, 6) is -0.125. The van der Waals surface area contributed by atoms with E-state index in [0.717, 1.165) is 18.5 Å². The Labute approximate surface area is 152 Å². The Morgan fingerprint density at radius 3 is 2.81 bits per heavy atom. The van der Waals surface area contributed by atoms with Crippen LogP contribution in [0, 0.1) is 0 Å². The van der Waals surface area contributed by atoms with Gasteiger partial charge in [0.25, 0.3) is 0 Å².